The summed E-state index contributed by atoms with van der Waals surface area (Å²) in [6.07, 6.45) is 1.52. The number of carbonyl (C=O) groups excluding carboxylic acids is 2. The average Bonchev–Trinajstić information content (AvgIpc) is 3.10. The van der Waals surface area contributed by atoms with E-state index < -0.39 is 0 Å². The number of nitrogens with zero attached hydrogens (tertiary/aromatic N) is 1. The van der Waals surface area contributed by atoms with Gasteiger partial charge in [-0.3, -0.25) is 4.79 Å². The Labute approximate surface area is 141 Å². The second-order valence-electron chi connectivity index (χ2n) is 6.32. The van der Waals surface area contributed by atoms with Gasteiger partial charge in [-0.05, 0) is 26.3 Å². The highest BCUT2D eigenvalue weighted by molar-refractivity contribution is 5.82. The van der Waals surface area contributed by atoms with Crippen molar-refractivity contribution in [2.24, 2.45) is 0 Å². The fraction of sp³-hybridized carbons (Fsp3) is 0.444. The predicted molar refractivity (Wildman–Crippen MR) is 91.6 cm³/mol. The van der Waals surface area contributed by atoms with Crippen LogP contribution in [0.3, 0.4) is 0 Å². The van der Waals surface area contributed by atoms with Gasteiger partial charge in [0.1, 0.15) is 11.3 Å². The number of rotatable bonds is 5. The van der Waals surface area contributed by atoms with Gasteiger partial charge in [0.15, 0.2) is 0 Å². The number of hydrogen-bond donors (Lipinski definition) is 2. The van der Waals surface area contributed by atoms with Crippen LogP contribution in [0.5, 0.6) is 0 Å². The van der Waals surface area contributed by atoms with Gasteiger partial charge in [-0.1, -0.05) is 18.2 Å². The molecule has 1 aliphatic heterocycles. The fourth-order valence-corrected chi connectivity index (χ4v) is 3.10. The minimum Gasteiger partial charge on any atom is -0.459 e. The summed E-state index contributed by atoms with van der Waals surface area (Å²) in [6, 6.07) is 7.47. The van der Waals surface area contributed by atoms with Gasteiger partial charge in [0.05, 0.1) is 6.54 Å². The van der Waals surface area contributed by atoms with Crippen LogP contribution in [0.1, 0.15) is 31.1 Å². The first kappa shape index (κ1) is 16.4. The maximum atomic E-state index is 12.0. The Morgan fingerprint density at radius 2 is 2.17 bits per heavy atom. The lowest BCUT2D eigenvalue weighted by Gasteiger charge is -2.21. The molecule has 1 aromatic heterocycles. The Kier molecular flexibility index (Phi) is 4.74. The van der Waals surface area contributed by atoms with Crippen LogP contribution in [0.15, 0.2) is 28.7 Å². The second kappa shape index (κ2) is 6.95. The smallest absolute Gasteiger partial charge is 0.315 e. The third kappa shape index (κ3) is 3.53. The summed E-state index contributed by atoms with van der Waals surface area (Å²) >= 11 is 0. The first-order valence-corrected chi connectivity index (χ1v) is 8.33. The summed E-state index contributed by atoms with van der Waals surface area (Å²) in [7, 11) is 0. The molecule has 1 saturated heterocycles. The van der Waals surface area contributed by atoms with Crippen LogP contribution < -0.4 is 10.6 Å². The average molecular weight is 329 g/mol. The molecular weight excluding hydrogens is 306 g/mol. The Morgan fingerprint density at radius 1 is 1.38 bits per heavy atom. The summed E-state index contributed by atoms with van der Waals surface area (Å²) in [5.74, 6) is 0.927. The second-order valence-corrected chi connectivity index (χ2v) is 6.32. The number of aryl methyl sites for hydroxylation is 1. The monoisotopic (exact) mass is 329 g/mol. The van der Waals surface area contributed by atoms with Crippen molar-refractivity contribution in [3.8, 4) is 0 Å². The lowest BCUT2D eigenvalue weighted by atomic mass is 10.1. The lowest BCUT2D eigenvalue weighted by Crippen LogP contribution is -2.46. The summed E-state index contributed by atoms with van der Waals surface area (Å²) in [5.41, 5.74) is 1.87. The van der Waals surface area contributed by atoms with Gasteiger partial charge < -0.3 is 20.0 Å². The Bertz CT molecular complexity index is 753. The van der Waals surface area contributed by atoms with E-state index in [0.717, 1.165) is 35.3 Å². The fourth-order valence-electron chi connectivity index (χ4n) is 3.10. The Balaban J connectivity index is 1.51. The van der Waals surface area contributed by atoms with Crippen molar-refractivity contribution in [2.75, 3.05) is 13.1 Å². The van der Waals surface area contributed by atoms with E-state index in [1.165, 1.54) is 0 Å². The van der Waals surface area contributed by atoms with Crippen LogP contribution in [-0.2, 0) is 11.3 Å². The molecule has 1 aromatic carbocycles. The first-order valence-electron chi connectivity index (χ1n) is 8.33. The number of furan rings is 1. The number of amides is 3. The largest absolute Gasteiger partial charge is 0.459 e. The third-order valence-corrected chi connectivity index (χ3v) is 4.40. The van der Waals surface area contributed by atoms with Crippen molar-refractivity contribution in [3.63, 3.8) is 0 Å². The molecule has 2 heterocycles. The number of para-hydroxylation sites is 1. The quantitative estimate of drug-likeness (QED) is 0.885. The molecule has 2 N–H and O–H groups in total. The molecule has 1 aliphatic rings. The van der Waals surface area contributed by atoms with Crippen LogP contribution in [0.2, 0.25) is 0 Å². The van der Waals surface area contributed by atoms with E-state index in [4.69, 9.17) is 4.42 Å². The lowest BCUT2D eigenvalue weighted by molar-refractivity contribution is -0.127. The van der Waals surface area contributed by atoms with Crippen molar-refractivity contribution in [1.82, 2.24) is 15.5 Å². The van der Waals surface area contributed by atoms with Gasteiger partial charge in [-0.2, -0.15) is 0 Å². The molecule has 0 spiro atoms. The molecule has 3 rings (SSSR count). The molecule has 24 heavy (non-hydrogen) atoms. The van der Waals surface area contributed by atoms with Gasteiger partial charge in [0, 0.05) is 36.5 Å². The molecular formula is C18H23N3O3. The molecule has 128 valence electrons. The number of fused-ring (bicyclic) bond motifs is 1. The molecule has 1 fully saturated rings. The zero-order chi connectivity index (χ0) is 17.1. The molecule has 0 radical (unpaired) electrons. The molecule has 2 aromatic rings. The highest BCUT2D eigenvalue weighted by atomic mass is 16.3. The third-order valence-electron chi connectivity index (χ3n) is 4.40. The summed E-state index contributed by atoms with van der Waals surface area (Å²) in [6.45, 7) is 5.56. The number of likely N-dealkylation sites (tertiary alicyclic amines) is 1. The van der Waals surface area contributed by atoms with Gasteiger partial charge in [0.25, 0.3) is 0 Å². The molecule has 0 aliphatic carbocycles. The number of carbonyl (C=O) groups is 2. The van der Waals surface area contributed by atoms with Gasteiger partial charge in [0.2, 0.25) is 5.91 Å². The van der Waals surface area contributed by atoms with E-state index in [9.17, 15) is 9.59 Å². The van der Waals surface area contributed by atoms with Gasteiger partial charge in [-0.25, -0.2) is 4.79 Å². The zero-order valence-corrected chi connectivity index (χ0v) is 14.1. The van der Waals surface area contributed by atoms with Crippen LogP contribution in [0.4, 0.5) is 4.79 Å². The van der Waals surface area contributed by atoms with Crippen molar-refractivity contribution >= 4 is 22.9 Å². The topological polar surface area (TPSA) is 74.6 Å². The molecule has 1 atom stereocenters. The van der Waals surface area contributed by atoms with E-state index in [-0.39, 0.29) is 18.0 Å². The van der Waals surface area contributed by atoms with E-state index in [1.54, 1.807) is 4.90 Å². The van der Waals surface area contributed by atoms with Gasteiger partial charge >= 0.3 is 6.03 Å². The van der Waals surface area contributed by atoms with Crippen LogP contribution in [-0.4, -0.2) is 36.0 Å². The predicted octanol–water partition coefficient (Wildman–Crippen LogP) is 2.55. The van der Waals surface area contributed by atoms with E-state index in [2.05, 4.69) is 10.6 Å². The summed E-state index contributed by atoms with van der Waals surface area (Å²) < 4.78 is 5.78. The Morgan fingerprint density at radius 3 is 2.88 bits per heavy atom. The van der Waals surface area contributed by atoms with Crippen LogP contribution >= 0.6 is 0 Å². The van der Waals surface area contributed by atoms with E-state index in [1.807, 2.05) is 38.1 Å². The summed E-state index contributed by atoms with van der Waals surface area (Å²) in [4.78, 5) is 25.5. The van der Waals surface area contributed by atoms with Crippen molar-refractivity contribution in [3.05, 3.63) is 35.6 Å². The number of urea groups is 1. The van der Waals surface area contributed by atoms with Gasteiger partial charge in [-0.15, -0.1) is 0 Å². The minimum atomic E-state index is -0.256. The highest BCUT2D eigenvalue weighted by Gasteiger charge is 2.22. The number of nitrogens with one attached hydrogen (secondary N) is 2. The van der Waals surface area contributed by atoms with E-state index >= 15 is 0 Å². The number of benzene rings is 1. The van der Waals surface area contributed by atoms with Crippen LogP contribution in [0, 0.1) is 6.92 Å². The normalized spacial score (nSPS) is 15.8. The molecule has 0 saturated carbocycles. The molecule has 6 heteroatoms. The maximum absolute atomic E-state index is 12.0. The van der Waals surface area contributed by atoms with E-state index in [0.29, 0.717) is 19.5 Å². The zero-order valence-electron chi connectivity index (χ0n) is 14.1. The van der Waals surface area contributed by atoms with Crippen molar-refractivity contribution in [2.45, 2.75) is 39.3 Å². The standard InChI is InChI=1S/C18H23N3O3/c1-12(11-21-9-5-8-17(21)22)20-18(23)19-10-16-13(2)14-6-3-4-7-15(14)24-16/h3-4,6-7,12H,5,8-11H2,1-2H3,(H2,19,20,23)/t12-/m0/s1. The summed E-state index contributed by atoms with van der Waals surface area (Å²) in [5, 5.41) is 6.75. The molecule has 3 amide bonds. The Hall–Kier alpha value is -2.50. The number of hydrogen-bond acceptors (Lipinski definition) is 3. The first-order chi connectivity index (χ1) is 11.5. The molecule has 0 bridgehead atoms. The maximum Gasteiger partial charge on any atom is 0.315 e. The molecule has 6 nitrogen and oxygen atoms in total. The van der Waals surface area contributed by atoms with Crippen molar-refractivity contribution < 1.29 is 14.0 Å². The molecule has 0 unspecified atom stereocenters. The minimum absolute atomic E-state index is 0.0937. The van der Waals surface area contributed by atoms with Crippen molar-refractivity contribution in [1.29, 1.82) is 0 Å². The highest BCUT2D eigenvalue weighted by Crippen LogP contribution is 2.24. The van der Waals surface area contributed by atoms with Crippen LogP contribution in [0.25, 0.3) is 11.0 Å². The SMILES string of the molecule is Cc1c(CNC(=O)N[C@@H](C)CN2CCCC2=O)oc2ccccc12.